The van der Waals surface area contributed by atoms with E-state index in [1.807, 2.05) is 0 Å². The predicted molar refractivity (Wildman–Crippen MR) is 90.4 cm³/mol. The Balaban J connectivity index is 1.35. The lowest BCUT2D eigenvalue weighted by Gasteiger charge is -2.36. The van der Waals surface area contributed by atoms with Gasteiger partial charge in [0.05, 0.1) is 4.90 Å². The third-order valence-electron chi connectivity index (χ3n) is 5.69. The van der Waals surface area contributed by atoms with Gasteiger partial charge in [-0.05, 0) is 54.9 Å². The summed E-state index contributed by atoms with van der Waals surface area (Å²) in [5.41, 5.74) is 0. The second-order valence-corrected chi connectivity index (χ2v) is 9.14. The van der Waals surface area contributed by atoms with Crippen LogP contribution in [0.5, 0.6) is 0 Å². The molecule has 1 saturated heterocycles. The zero-order valence-corrected chi connectivity index (χ0v) is 14.5. The number of halogens is 1. The fourth-order valence-corrected chi connectivity index (χ4v) is 5.77. The molecule has 3 aliphatic rings. The van der Waals surface area contributed by atoms with Crippen molar-refractivity contribution in [3.8, 4) is 0 Å². The molecule has 2 bridgehead atoms. The van der Waals surface area contributed by atoms with Gasteiger partial charge < -0.3 is 4.90 Å². The van der Waals surface area contributed by atoms with Crippen LogP contribution in [0.1, 0.15) is 12.8 Å². The molecule has 4 rings (SSSR count). The van der Waals surface area contributed by atoms with E-state index in [1.165, 1.54) is 41.4 Å². The minimum Gasteiger partial charge on any atom is -0.300 e. The number of hydrogen-bond acceptors (Lipinski definition) is 3. The number of nitrogens with zero attached hydrogens (tertiary/aromatic N) is 2. The van der Waals surface area contributed by atoms with Gasteiger partial charge in [0.1, 0.15) is 5.82 Å². The highest BCUT2D eigenvalue weighted by atomic mass is 32.2. The van der Waals surface area contributed by atoms with E-state index in [2.05, 4.69) is 17.1 Å². The van der Waals surface area contributed by atoms with Crippen molar-refractivity contribution >= 4 is 10.0 Å². The number of benzene rings is 1. The maximum atomic E-state index is 13.0. The van der Waals surface area contributed by atoms with Crippen LogP contribution in [0.25, 0.3) is 0 Å². The maximum absolute atomic E-state index is 13.0. The average Bonchev–Trinajstić information content (AvgIpc) is 3.19. The minimum atomic E-state index is -3.51. The second-order valence-electron chi connectivity index (χ2n) is 7.20. The summed E-state index contributed by atoms with van der Waals surface area (Å²) in [6.07, 6.45) is 7.32. The molecule has 1 aromatic rings. The number of sulfonamides is 1. The molecule has 0 unspecified atom stereocenters. The molecule has 1 aromatic carbocycles. The Morgan fingerprint density at radius 1 is 1.00 bits per heavy atom. The van der Waals surface area contributed by atoms with Crippen molar-refractivity contribution in [3.63, 3.8) is 0 Å². The third-order valence-corrected chi connectivity index (χ3v) is 7.60. The van der Waals surface area contributed by atoms with Crippen LogP contribution in [0.4, 0.5) is 4.39 Å². The molecule has 0 spiro atoms. The molecule has 1 aliphatic heterocycles. The standard InChI is InChI=1S/C18H23FN2O2S/c19-17-3-5-18(6-4-17)24(22,23)21-9-7-20(8-10-21)13-16-12-14-1-2-15(16)11-14/h1-6,14-16H,7-13H2/t14-,15+,16-/m0/s1. The fourth-order valence-electron chi connectivity index (χ4n) is 4.34. The van der Waals surface area contributed by atoms with Gasteiger partial charge in [0.15, 0.2) is 0 Å². The van der Waals surface area contributed by atoms with Crippen molar-refractivity contribution < 1.29 is 12.8 Å². The van der Waals surface area contributed by atoms with Gasteiger partial charge in [-0.3, -0.25) is 0 Å². The molecular weight excluding hydrogens is 327 g/mol. The third kappa shape index (κ3) is 3.03. The van der Waals surface area contributed by atoms with Crippen molar-refractivity contribution in [2.24, 2.45) is 17.8 Å². The summed E-state index contributed by atoms with van der Waals surface area (Å²) >= 11 is 0. The van der Waals surface area contributed by atoms with Gasteiger partial charge in [-0.2, -0.15) is 4.31 Å². The monoisotopic (exact) mass is 350 g/mol. The Labute approximate surface area is 143 Å². The Morgan fingerprint density at radius 2 is 1.71 bits per heavy atom. The van der Waals surface area contributed by atoms with Crippen LogP contribution in [0.2, 0.25) is 0 Å². The van der Waals surface area contributed by atoms with E-state index in [-0.39, 0.29) is 4.90 Å². The van der Waals surface area contributed by atoms with Crippen LogP contribution in [0.15, 0.2) is 41.3 Å². The average molecular weight is 350 g/mol. The Kier molecular flexibility index (Phi) is 4.22. The van der Waals surface area contributed by atoms with Crippen molar-refractivity contribution in [2.45, 2.75) is 17.7 Å². The van der Waals surface area contributed by atoms with Crippen LogP contribution in [-0.2, 0) is 10.0 Å². The summed E-state index contributed by atoms with van der Waals surface area (Å²) in [6.45, 7) is 3.65. The summed E-state index contributed by atoms with van der Waals surface area (Å²) in [5, 5.41) is 0. The summed E-state index contributed by atoms with van der Waals surface area (Å²) in [7, 11) is -3.51. The van der Waals surface area contributed by atoms with E-state index in [4.69, 9.17) is 0 Å². The van der Waals surface area contributed by atoms with E-state index in [0.717, 1.165) is 37.4 Å². The number of piperazine rings is 1. The fraction of sp³-hybridized carbons (Fsp3) is 0.556. The Morgan fingerprint density at radius 3 is 2.29 bits per heavy atom. The van der Waals surface area contributed by atoms with E-state index < -0.39 is 15.8 Å². The minimum absolute atomic E-state index is 0.176. The van der Waals surface area contributed by atoms with Gasteiger partial charge in [0.25, 0.3) is 0 Å². The van der Waals surface area contributed by atoms with Gasteiger partial charge in [-0.25, -0.2) is 12.8 Å². The van der Waals surface area contributed by atoms with Gasteiger partial charge in [-0.15, -0.1) is 0 Å². The highest BCUT2D eigenvalue weighted by Gasteiger charge is 2.37. The quantitative estimate of drug-likeness (QED) is 0.783. The lowest BCUT2D eigenvalue weighted by Crippen LogP contribution is -2.49. The normalized spacial score (nSPS) is 31.0. The molecule has 1 saturated carbocycles. The number of rotatable bonds is 4. The van der Waals surface area contributed by atoms with Gasteiger partial charge in [0.2, 0.25) is 10.0 Å². The first-order chi connectivity index (χ1) is 11.5. The largest absolute Gasteiger partial charge is 0.300 e. The summed E-state index contributed by atoms with van der Waals surface area (Å²) in [5.74, 6) is 1.83. The van der Waals surface area contributed by atoms with Crippen molar-refractivity contribution in [1.29, 1.82) is 0 Å². The van der Waals surface area contributed by atoms with Crippen LogP contribution in [0.3, 0.4) is 0 Å². The first-order valence-electron chi connectivity index (χ1n) is 8.69. The number of hydrogen-bond donors (Lipinski definition) is 0. The molecular formula is C18H23FN2O2S. The van der Waals surface area contributed by atoms with E-state index in [9.17, 15) is 12.8 Å². The lowest BCUT2D eigenvalue weighted by atomic mass is 9.93. The highest BCUT2D eigenvalue weighted by molar-refractivity contribution is 7.89. The van der Waals surface area contributed by atoms with Crippen molar-refractivity contribution in [2.75, 3.05) is 32.7 Å². The molecule has 1 heterocycles. The molecule has 6 heteroatoms. The van der Waals surface area contributed by atoms with Crippen molar-refractivity contribution in [1.82, 2.24) is 9.21 Å². The smallest absolute Gasteiger partial charge is 0.243 e. The lowest BCUT2D eigenvalue weighted by molar-refractivity contribution is 0.156. The summed E-state index contributed by atoms with van der Waals surface area (Å²) in [4.78, 5) is 2.58. The van der Waals surface area contributed by atoms with E-state index in [0.29, 0.717) is 13.1 Å². The molecule has 24 heavy (non-hydrogen) atoms. The van der Waals surface area contributed by atoms with Crippen LogP contribution in [-0.4, -0.2) is 50.3 Å². The molecule has 0 N–H and O–H groups in total. The first-order valence-corrected chi connectivity index (χ1v) is 10.1. The van der Waals surface area contributed by atoms with Crippen LogP contribution in [0, 0.1) is 23.6 Å². The predicted octanol–water partition coefficient (Wildman–Crippen LogP) is 2.34. The van der Waals surface area contributed by atoms with Crippen molar-refractivity contribution in [3.05, 3.63) is 42.2 Å². The van der Waals surface area contributed by atoms with Crippen LogP contribution < -0.4 is 0 Å². The van der Waals surface area contributed by atoms with Gasteiger partial charge in [0, 0.05) is 32.7 Å². The summed E-state index contributed by atoms with van der Waals surface area (Å²) in [6, 6.07) is 5.09. The topological polar surface area (TPSA) is 40.6 Å². The SMILES string of the molecule is O=S(=O)(c1ccc(F)cc1)N1CCN(C[C@@H]2C[C@H]3C=C[C@@H]2C3)CC1. The zero-order valence-electron chi connectivity index (χ0n) is 13.6. The molecule has 2 aliphatic carbocycles. The molecule has 0 radical (unpaired) electrons. The maximum Gasteiger partial charge on any atom is 0.243 e. The first kappa shape index (κ1) is 16.2. The second kappa shape index (κ2) is 6.24. The zero-order chi connectivity index (χ0) is 16.7. The molecule has 130 valence electrons. The van der Waals surface area contributed by atoms with Crippen LogP contribution >= 0.6 is 0 Å². The number of fused-ring (bicyclic) bond motifs is 2. The van der Waals surface area contributed by atoms with E-state index in [1.54, 1.807) is 0 Å². The molecule has 3 atom stereocenters. The van der Waals surface area contributed by atoms with Gasteiger partial charge >= 0.3 is 0 Å². The highest BCUT2D eigenvalue weighted by Crippen LogP contribution is 2.43. The van der Waals surface area contributed by atoms with E-state index >= 15 is 0 Å². The molecule has 4 nitrogen and oxygen atoms in total. The summed E-state index contributed by atoms with van der Waals surface area (Å²) < 4.78 is 39.8. The Bertz CT molecular complexity index is 724. The molecule has 2 fully saturated rings. The molecule has 0 amide bonds. The molecule has 0 aromatic heterocycles. The Hall–Kier alpha value is -1.24. The van der Waals surface area contributed by atoms with Gasteiger partial charge in [-0.1, -0.05) is 12.2 Å². The number of allylic oxidation sites excluding steroid dienone is 2.